The molecule has 2 aromatic carbocycles. The number of alkyl halides is 1. The minimum atomic E-state index is -0.406. The average molecular weight is 344 g/mol. The molecule has 0 saturated carbocycles. The maximum Gasteiger partial charge on any atom is 0.141 e. The first kappa shape index (κ1) is 14.4. The van der Waals surface area contributed by atoms with Gasteiger partial charge in [-0.25, -0.2) is 4.39 Å². The van der Waals surface area contributed by atoms with Gasteiger partial charge in [0.05, 0.1) is 17.0 Å². The second kappa shape index (κ2) is 5.93. The van der Waals surface area contributed by atoms with E-state index in [-0.39, 0.29) is 9.85 Å². The molecule has 4 heteroatoms. The molecule has 0 aromatic heterocycles. The van der Waals surface area contributed by atoms with E-state index in [4.69, 9.17) is 16.3 Å². The Balaban J connectivity index is 2.35. The lowest BCUT2D eigenvalue weighted by Gasteiger charge is -2.13. The van der Waals surface area contributed by atoms with E-state index < -0.39 is 5.82 Å². The summed E-state index contributed by atoms with van der Waals surface area (Å²) >= 11 is 9.42. The molecule has 2 rings (SSSR count). The molecule has 0 aliphatic carbocycles. The summed E-state index contributed by atoms with van der Waals surface area (Å²) in [5.41, 5.74) is 3.04. The zero-order valence-corrected chi connectivity index (χ0v) is 12.9. The molecule has 0 bridgehead atoms. The van der Waals surface area contributed by atoms with Crippen LogP contribution >= 0.6 is 27.5 Å². The van der Waals surface area contributed by atoms with Gasteiger partial charge in [-0.05, 0) is 41.8 Å². The number of aryl methyl sites for hydroxylation is 1. The molecule has 0 fully saturated rings. The molecular formula is C15H13BrClFO. The topological polar surface area (TPSA) is 9.23 Å². The summed E-state index contributed by atoms with van der Waals surface area (Å²) in [7, 11) is 1.65. The Kier molecular flexibility index (Phi) is 4.48. The van der Waals surface area contributed by atoms with Crippen LogP contribution < -0.4 is 4.74 Å². The van der Waals surface area contributed by atoms with Crippen molar-refractivity contribution in [1.82, 2.24) is 0 Å². The Morgan fingerprint density at radius 3 is 2.37 bits per heavy atom. The number of hydrogen-bond acceptors (Lipinski definition) is 1. The third-order valence-corrected chi connectivity index (χ3v) is 4.29. The minimum absolute atomic E-state index is 0.0322. The van der Waals surface area contributed by atoms with E-state index in [1.165, 1.54) is 6.07 Å². The fraction of sp³-hybridized carbons (Fsp3) is 0.200. The lowest BCUT2D eigenvalue weighted by Crippen LogP contribution is -1.96. The highest BCUT2D eigenvalue weighted by Gasteiger charge is 2.13. The third kappa shape index (κ3) is 3.10. The summed E-state index contributed by atoms with van der Waals surface area (Å²) in [6, 6.07) is 10.7. The van der Waals surface area contributed by atoms with Crippen LogP contribution in [-0.4, -0.2) is 7.11 Å². The van der Waals surface area contributed by atoms with E-state index in [0.717, 1.165) is 22.4 Å². The molecule has 0 heterocycles. The van der Waals surface area contributed by atoms with Crippen LogP contribution in [0.5, 0.6) is 5.75 Å². The van der Waals surface area contributed by atoms with E-state index >= 15 is 0 Å². The number of benzene rings is 2. The summed E-state index contributed by atoms with van der Waals surface area (Å²) in [4.78, 5) is -0.0322. The lowest BCUT2D eigenvalue weighted by atomic mass is 10.0. The largest absolute Gasteiger partial charge is 0.496 e. The first-order valence-corrected chi connectivity index (χ1v) is 7.06. The third-order valence-electron chi connectivity index (χ3n) is 2.95. The van der Waals surface area contributed by atoms with Gasteiger partial charge < -0.3 is 4.74 Å². The van der Waals surface area contributed by atoms with Gasteiger partial charge in [0.15, 0.2) is 0 Å². The van der Waals surface area contributed by atoms with Gasteiger partial charge in [0, 0.05) is 0 Å². The summed E-state index contributed by atoms with van der Waals surface area (Å²) in [5, 5.41) is 0.132. The van der Waals surface area contributed by atoms with Gasteiger partial charge in [0.2, 0.25) is 0 Å². The highest BCUT2D eigenvalue weighted by Crippen LogP contribution is 2.34. The molecule has 1 atom stereocenters. The van der Waals surface area contributed by atoms with Crippen molar-refractivity contribution >= 4 is 27.5 Å². The Bertz CT molecular complexity index is 601. The van der Waals surface area contributed by atoms with Crippen molar-refractivity contribution < 1.29 is 9.13 Å². The second-order valence-corrected chi connectivity index (χ2v) is 5.59. The number of hydrogen-bond donors (Lipinski definition) is 0. The van der Waals surface area contributed by atoms with Gasteiger partial charge in [-0.3, -0.25) is 0 Å². The molecule has 100 valence electrons. The Labute approximate surface area is 125 Å². The van der Waals surface area contributed by atoms with Crippen LogP contribution in [0, 0.1) is 12.7 Å². The molecule has 0 spiro atoms. The Morgan fingerprint density at radius 2 is 1.79 bits per heavy atom. The lowest BCUT2D eigenvalue weighted by molar-refractivity contribution is 0.411. The maximum atomic E-state index is 13.2. The van der Waals surface area contributed by atoms with Crippen molar-refractivity contribution in [1.29, 1.82) is 0 Å². The van der Waals surface area contributed by atoms with E-state index in [1.807, 2.05) is 25.1 Å². The van der Waals surface area contributed by atoms with E-state index in [1.54, 1.807) is 19.2 Å². The zero-order valence-electron chi connectivity index (χ0n) is 10.6. The van der Waals surface area contributed by atoms with Crippen LogP contribution in [0.1, 0.15) is 21.5 Å². The van der Waals surface area contributed by atoms with E-state index in [2.05, 4.69) is 15.9 Å². The van der Waals surface area contributed by atoms with Crippen molar-refractivity contribution in [2.45, 2.75) is 11.8 Å². The second-order valence-electron chi connectivity index (χ2n) is 4.27. The molecule has 1 unspecified atom stereocenters. The molecule has 1 nitrogen and oxygen atoms in total. The van der Waals surface area contributed by atoms with E-state index in [9.17, 15) is 4.39 Å². The molecule has 0 saturated heterocycles. The van der Waals surface area contributed by atoms with Crippen LogP contribution in [0.2, 0.25) is 5.02 Å². The predicted molar refractivity (Wildman–Crippen MR) is 79.9 cm³/mol. The minimum Gasteiger partial charge on any atom is -0.496 e. The highest BCUT2D eigenvalue weighted by atomic mass is 79.9. The predicted octanol–water partition coefficient (Wildman–Crippen LogP) is 5.28. The quantitative estimate of drug-likeness (QED) is 0.689. The first-order valence-electron chi connectivity index (χ1n) is 5.76. The summed E-state index contributed by atoms with van der Waals surface area (Å²) in [5.74, 6) is 0.441. The van der Waals surface area contributed by atoms with Crippen molar-refractivity contribution in [3.05, 3.63) is 63.9 Å². The highest BCUT2D eigenvalue weighted by molar-refractivity contribution is 9.09. The molecule has 19 heavy (non-hydrogen) atoms. The smallest absolute Gasteiger partial charge is 0.141 e. The molecular weight excluding hydrogens is 331 g/mol. The molecule has 0 N–H and O–H groups in total. The van der Waals surface area contributed by atoms with Crippen LogP contribution in [0.25, 0.3) is 0 Å². The van der Waals surface area contributed by atoms with Crippen LogP contribution in [-0.2, 0) is 0 Å². The van der Waals surface area contributed by atoms with Crippen molar-refractivity contribution in [3.63, 3.8) is 0 Å². The average Bonchev–Trinajstić information content (AvgIpc) is 2.41. The molecule has 2 aromatic rings. The molecule has 0 aliphatic heterocycles. The van der Waals surface area contributed by atoms with Crippen LogP contribution in [0.3, 0.4) is 0 Å². The fourth-order valence-electron chi connectivity index (χ4n) is 1.92. The van der Waals surface area contributed by atoms with Crippen LogP contribution in [0.4, 0.5) is 4.39 Å². The summed E-state index contributed by atoms with van der Waals surface area (Å²) in [6.07, 6.45) is 0. The standard InChI is InChI=1S/C15H13BrClFO/c1-9-7-10(4-6-14(9)19-2)15(16)11-3-5-13(18)12(17)8-11/h3-8,15H,1-2H3. The monoisotopic (exact) mass is 342 g/mol. The van der Waals surface area contributed by atoms with Gasteiger partial charge >= 0.3 is 0 Å². The Hall–Kier alpha value is -1.06. The maximum absolute atomic E-state index is 13.2. The Morgan fingerprint density at radius 1 is 1.16 bits per heavy atom. The molecule has 0 radical (unpaired) electrons. The van der Waals surface area contributed by atoms with Gasteiger partial charge in [-0.2, -0.15) is 0 Å². The first-order chi connectivity index (χ1) is 9.02. The van der Waals surface area contributed by atoms with Crippen molar-refractivity contribution in [3.8, 4) is 5.75 Å². The molecule has 0 amide bonds. The summed E-state index contributed by atoms with van der Waals surface area (Å²) < 4.78 is 18.4. The van der Waals surface area contributed by atoms with Crippen molar-refractivity contribution in [2.24, 2.45) is 0 Å². The van der Waals surface area contributed by atoms with E-state index in [0.29, 0.717) is 0 Å². The van der Waals surface area contributed by atoms with Gasteiger partial charge in [0.25, 0.3) is 0 Å². The van der Waals surface area contributed by atoms with Gasteiger partial charge in [-0.1, -0.05) is 45.7 Å². The van der Waals surface area contributed by atoms with Crippen molar-refractivity contribution in [2.75, 3.05) is 7.11 Å². The summed E-state index contributed by atoms with van der Waals surface area (Å²) in [6.45, 7) is 1.99. The zero-order chi connectivity index (χ0) is 14.0. The molecule has 0 aliphatic rings. The number of halogens is 3. The number of ether oxygens (including phenoxy) is 1. The van der Waals surface area contributed by atoms with Gasteiger partial charge in [0.1, 0.15) is 11.6 Å². The SMILES string of the molecule is COc1ccc(C(Br)c2ccc(F)c(Cl)c2)cc1C. The number of rotatable bonds is 3. The number of methoxy groups -OCH3 is 1. The normalized spacial score (nSPS) is 12.3. The fourth-order valence-corrected chi connectivity index (χ4v) is 2.68. The van der Waals surface area contributed by atoms with Crippen LogP contribution in [0.15, 0.2) is 36.4 Å². The van der Waals surface area contributed by atoms with Gasteiger partial charge in [-0.15, -0.1) is 0 Å².